The number of aromatic nitrogens is 1. The standard InChI is InChI=1S/C22H23NO4/c1-5-26-22(25)19-13(2)20(23-14(19)3)21(24)15(4)27-18-12-8-10-16-9-6-7-11-17(16)18/h6-12,15,23H,5H2,1-4H3/t15-/m0/s1. The number of hydrogen-bond donors (Lipinski definition) is 1. The predicted molar refractivity (Wildman–Crippen MR) is 105 cm³/mol. The van der Waals surface area contributed by atoms with Crippen LogP contribution >= 0.6 is 0 Å². The Morgan fingerprint density at radius 3 is 2.52 bits per heavy atom. The lowest BCUT2D eigenvalue weighted by molar-refractivity contribution is 0.0525. The topological polar surface area (TPSA) is 68.4 Å². The minimum absolute atomic E-state index is 0.209. The van der Waals surface area contributed by atoms with Crippen LogP contribution in [0.2, 0.25) is 0 Å². The number of nitrogens with one attached hydrogen (secondary N) is 1. The first-order valence-corrected chi connectivity index (χ1v) is 8.99. The maximum absolute atomic E-state index is 12.9. The number of esters is 1. The van der Waals surface area contributed by atoms with Gasteiger partial charge in [0.2, 0.25) is 5.78 Å². The van der Waals surface area contributed by atoms with Crippen molar-refractivity contribution in [2.45, 2.75) is 33.8 Å². The maximum Gasteiger partial charge on any atom is 0.340 e. The molecule has 5 nitrogen and oxygen atoms in total. The van der Waals surface area contributed by atoms with Gasteiger partial charge >= 0.3 is 5.97 Å². The summed E-state index contributed by atoms with van der Waals surface area (Å²) in [4.78, 5) is 28.1. The summed E-state index contributed by atoms with van der Waals surface area (Å²) in [5.41, 5.74) is 2.00. The number of hydrogen-bond acceptors (Lipinski definition) is 4. The van der Waals surface area contributed by atoms with Crippen molar-refractivity contribution < 1.29 is 19.1 Å². The van der Waals surface area contributed by atoms with Crippen molar-refractivity contribution in [3.8, 4) is 5.75 Å². The highest BCUT2D eigenvalue weighted by Gasteiger charge is 2.26. The van der Waals surface area contributed by atoms with Crippen molar-refractivity contribution in [3.05, 3.63) is 65.0 Å². The van der Waals surface area contributed by atoms with E-state index in [0.29, 0.717) is 28.3 Å². The van der Waals surface area contributed by atoms with Crippen molar-refractivity contribution >= 4 is 22.5 Å². The third-order valence-electron chi connectivity index (χ3n) is 4.59. The molecule has 3 rings (SSSR count). The van der Waals surface area contributed by atoms with E-state index in [4.69, 9.17) is 9.47 Å². The van der Waals surface area contributed by atoms with E-state index >= 15 is 0 Å². The van der Waals surface area contributed by atoms with Gasteiger partial charge in [-0.1, -0.05) is 36.4 Å². The number of carbonyl (C=O) groups excluding carboxylic acids is 2. The minimum atomic E-state index is -0.706. The van der Waals surface area contributed by atoms with E-state index in [9.17, 15) is 9.59 Å². The Balaban J connectivity index is 1.88. The van der Waals surface area contributed by atoms with Crippen molar-refractivity contribution in [2.24, 2.45) is 0 Å². The number of benzene rings is 2. The summed E-state index contributed by atoms with van der Waals surface area (Å²) in [7, 11) is 0. The fourth-order valence-corrected chi connectivity index (χ4v) is 3.25. The molecular formula is C22H23NO4. The zero-order valence-electron chi connectivity index (χ0n) is 16.0. The smallest absolute Gasteiger partial charge is 0.340 e. The second-order valence-corrected chi connectivity index (χ2v) is 6.45. The zero-order valence-corrected chi connectivity index (χ0v) is 16.0. The average molecular weight is 365 g/mol. The fourth-order valence-electron chi connectivity index (χ4n) is 3.25. The maximum atomic E-state index is 12.9. The summed E-state index contributed by atoms with van der Waals surface area (Å²) in [5, 5.41) is 2.00. The molecule has 1 N–H and O–H groups in total. The molecule has 2 aromatic carbocycles. The lowest BCUT2D eigenvalue weighted by Crippen LogP contribution is -2.25. The van der Waals surface area contributed by atoms with Gasteiger partial charge in [0.15, 0.2) is 6.10 Å². The van der Waals surface area contributed by atoms with Crippen LogP contribution in [0.15, 0.2) is 42.5 Å². The number of ether oxygens (including phenoxy) is 2. The normalized spacial score (nSPS) is 12.0. The second kappa shape index (κ2) is 7.66. The third-order valence-corrected chi connectivity index (χ3v) is 4.59. The molecule has 0 unspecified atom stereocenters. The molecule has 0 radical (unpaired) electrons. The van der Waals surface area contributed by atoms with Gasteiger partial charge in [-0.2, -0.15) is 0 Å². The monoisotopic (exact) mass is 365 g/mol. The first-order valence-electron chi connectivity index (χ1n) is 8.99. The van der Waals surface area contributed by atoms with E-state index in [0.717, 1.165) is 10.8 Å². The Morgan fingerprint density at radius 1 is 1.07 bits per heavy atom. The first kappa shape index (κ1) is 18.7. The zero-order chi connectivity index (χ0) is 19.6. The van der Waals surface area contributed by atoms with Gasteiger partial charge < -0.3 is 14.5 Å². The van der Waals surface area contributed by atoms with E-state index in [1.54, 1.807) is 27.7 Å². The van der Waals surface area contributed by atoms with Crippen molar-refractivity contribution in [1.29, 1.82) is 0 Å². The van der Waals surface area contributed by atoms with Crippen LogP contribution < -0.4 is 4.74 Å². The van der Waals surface area contributed by atoms with Crippen LogP contribution in [-0.2, 0) is 4.74 Å². The summed E-state index contributed by atoms with van der Waals surface area (Å²) < 4.78 is 11.1. The van der Waals surface area contributed by atoms with Crippen molar-refractivity contribution in [1.82, 2.24) is 4.98 Å². The first-order chi connectivity index (χ1) is 12.9. The van der Waals surface area contributed by atoms with Crippen molar-refractivity contribution in [3.63, 3.8) is 0 Å². The number of H-pyrrole nitrogens is 1. The molecule has 1 atom stereocenters. The van der Waals surface area contributed by atoms with Gasteiger partial charge in [0.1, 0.15) is 5.75 Å². The van der Waals surface area contributed by atoms with Crippen LogP contribution in [0.5, 0.6) is 5.75 Å². The largest absolute Gasteiger partial charge is 0.482 e. The number of Topliss-reactive ketones (excluding diaryl/α,β-unsaturated/α-hetero) is 1. The molecular weight excluding hydrogens is 342 g/mol. The number of ketones is 1. The molecule has 0 aliphatic carbocycles. The molecule has 0 saturated carbocycles. The Kier molecular flexibility index (Phi) is 5.31. The molecule has 140 valence electrons. The van der Waals surface area contributed by atoms with Crippen LogP contribution in [-0.4, -0.2) is 29.4 Å². The molecule has 3 aromatic rings. The Hall–Kier alpha value is -3.08. The van der Waals surface area contributed by atoms with Gasteiger partial charge in [0, 0.05) is 11.1 Å². The Bertz CT molecular complexity index is 997. The molecule has 0 fully saturated rings. The van der Waals surface area contributed by atoms with Crippen LogP contribution in [0.4, 0.5) is 0 Å². The van der Waals surface area contributed by atoms with Gasteiger partial charge in [0.25, 0.3) is 0 Å². The van der Waals surface area contributed by atoms with E-state index in [2.05, 4.69) is 4.98 Å². The lowest BCUT2D eigenvalue weighted by atomic mass is 10.1. The SMILES string of the molecule is CCOC(=O)c1c(C)[nH]c(C(=O)[C@H](C)Oc2cccc3ccccc23)c1C. The van der Waals surface area contributed by atoms with Crippen LogP contribution in [0.3, 0.4) is 0 Å². The van der Waals surface area contributed by atoms with E-state index in [1.165, 1.54) is 0 Å². The summed E-state index contributed by atoms with van der Waals surface area (Å²) in [6.07, 6.45) is -0.706. The Morgan fingerprint density at radius 2 is 1.78 bits per heavy atom. The number of carbonyl (C=O) groups is 2. The highest BCUT2D eigenvalue weighted by atomic mass is 16.5. The molecule has 0 bridgehead atoms. The molecule has 0 saturated heterocycles. The lowest BCUT2D eigenvalue weighted by Gasteiger charge is -2.15. The molecule has 0 spiro atoms. The van der Waals surface area contributed by atoms with Crippen LogP contribution in [0.1, 0.15) is 46.0 Å². The molecule has 0 amide bonds. The van der Waals surface area contributed by atoms with Crippen molar-refractivity contribution in [2.75, 3.05) is 6.61 Å². The summed E-state index contributed by atoms with van der Waals surface area (Å²) in [6.45, 7) is 7.25. The molecule has 1 heterocycles. The number of fused-ring (bicyclic) bond motifs is 1. The van der Waals surface area contributed by atoms with E-state index in [-0.39, 0.29) is 12.4 Å². The summed E-state index contributed by atoms with van der Waals surface area (Å²) in [5.74, 6) is 0.0185. The van der Waals surface area contributed by atoms with E-state index in [1.807, 2.05) is 42.5 Å². The van der Waals surface area contributed by atoms with Gasteiger partial charge in [-0.3, -0.25) is 4.79 Å². The number of aryl methyl sites for hydroxylation is 1. The summed E-state index contributed by atoms with van der Waals surface area (Å²) >= 11 is 0. The molecule has 0 aliphatic heterocycles. The number of aromatic amines is 1. The van der Waals surface area contributed by atoms with E-state index < -0.39 is 12.1 Å². The molecule has 27 heavy (non-hydrogen) atoms. The fraction of sp³-hybridized carbons (Fsp3) is 0.273. The van der Waals surface area contributed by atoms with Crippen LogP contribution in [0.25, 0.3) is 10.8 Å². The third kappa shape index (κ3) is 3.58. The van der Waals surface area contributed by atoms with Gasteiger partial charge in [0.05, 0.1) is 17.9 Å². The minimum Gasteiger partial charge on any atom is -0.482 e. The summed E-state index contributed by atoms with van der Waals surface area (Å²) in [6, 6.07) is 13.6. The second-order valence-electron chi connectivity index (χ2n) is 6.45. The predicted octanol–water partition coefficient (Wildman–Crippen LogP) is 4.61. The number of rotatable bonds is 6. The highest BCUT2D eigenvalue weighted by Crippen LogP contribution is 2.27. The average Bonchev–Trinajstić information content (AvgIpc) is 2.95. The van der Waals surface area contributed by atoms with Gasteiger partial charge in [-0.25, -0.2) is 4.79 Å². The van der Waals surface area contributed by atoms with Gasteiger partial charge in [-0.15, -0.1) is 0 Å². The van der Waals surface area contributed by atoms with Gasteiger partial charge in [-0.05, 0) is 44.7 Å². The highest BCUT2D eigenvalue weighted by molar-refractivity contribution is 6.03. The molecule has 0 aliphatic rings. The molecule has 1 aromatic heterocycles. The molecule has 5 heteroatoms. The Labute approximate surface area is 158 Å². The quantitative estimate of drug-likeness (QED) is 0.511. The van der Waals surface area contributed by atoms with Crippen LogP contribution in [0, 0.1) is 13.8 Å².